The van der Waals surface area contributed by atoms with Gasteiger partial charge in [-0.3, -0.25) is 4.79 Å². The van der Waals surface area contributed by atoms with Gasteiger partial charge < -0.3 is 5.32 Å². The molecule has 0 saturated heterocycles. The molecule has 2 aromatic rings. The first-order valence-corrected chi connectivity index (χ1v) is 8.83. The first-order valence-electron chi connectivity index (χ1n) is 6.00. The van der Waals surface area contributed by atoms with E-state index in [1.807, 2.05) is 6.07 Å². The van der Waals surface area contributed by atoms with E-state index in [9.17, 15) is 9.18 Å². The molecule has 106 valence electrons. The molecule has 1 aromatic carbocycles. The molecule has 0 aliphatic rings. The van der Waals surface area contributed by atoms with E-state index in [-0.39, 0.29) is 5.91 Å². The molecule has 0 spiro atoms. The van der Waals surface area contributed by atoms with Gasteiger partial charge in [-0.25, -0.2) is 4.39 Å². The number of thiophene rings is 1. The van der Waals surface area contributed by atoms with Crippen molar-refractivity contribution in [1.82, 2.24) is 5.32 Å². The highest BCUT2D eigenvalue weighted by Crippen LogP contribution is 2.18. The van der Waals surface area contributed by atoms with Crippen LogP contribution in [0.4, 0.5) is 4.39 Å². The van der Waals surface area contributed by atoms with Crippen molar-refractivity contribution in [3.8, 4) is 0 Å². The molecule has 6 heteroatoms. The summed E-state index contributed by atoms with van der Waals surface area (Å²) in [4.78, 5) is 13.2. The Morgan fingerprint density at radius 3 is 3.00 bits per heavy atom. The Bertz CT molecular complexity index is 575. The molecule has 1 heterocycles. The van der Waals surface area contributed by atoms with Crippen LogP contribution < -0.4 is 5.32 Å². The summed E-state index contributed by atoms with van der Waals surface area (Å²) >= 11 is 6.75. The maximum atomic E-state index is 13.1. The first-order chi connectivity index (χ1) is 9.66. The maximum absolute atomic E-state index is 13.1. The van der Waals surface area contributed by atoms with Gasteiger partial charge in [0, 0.05) is 27.4 Å². The molecule has 0 radical (unpaired) electrons. The fraction of sp³-hybridized carbons (Fsp3) is 0.214. The number of nitrogens with one attached hydrogen (secondary N) is 1. The van der Waals surface area contributed by atoms with Crippen LogP contribution in [0.5, 0.6) is 0 Å². The van der Waals surface area contributed by atoms with E-state index in [1.165, 1.54) is 23.1 Å². The fourth-order valence-electron chi connectivity index (χ4n) is 1.57. The number of carbonyl (C=O) groups is 1. The Labute approximate surface area is 133 Å². The molecular weight excluding hydrogens is 361 g/mol. The Kier molecular flexibility index (Phi) is 6.06. The van der Waals surface area contributed by atoms with Gasteiger partial charge in [0.2, 0.25) is 0 Å². The average Bonchev–Trinajstić information content (AvgIpc) is 2.94. The van der Waals surface area contributed by atoms with Crippen molar-refractivity contribution in [2.24, 2.45) is 0 Å². The van der Waals surface area contributed by atoms with Gasteiger partial charge >= 0.3 is 0 Å². The summed E-state index contributed by atoms with van der Waals surface area (Å²) in [5, 5.41) is 4.85. The molecule has 1 N–H and O–H groups in total. The number of hydrogen-bond donors (Lipinski definition) is 1. The van der Waals surface area contributed by atoms with E-state index < -0.39 is 5.82 Å². The summed E-state index contributed by atoms with van der Waals surface area (Å²) < 4.78 is 13.7. The molecule has 0 unspecified atom stereocenters. The molecule has 1 aromatic heterocycles. The van der Waals surface area contributed by atoms with Crippen LogP contribution in [0.2, 0.25) is 0 Å². The zero-order valence-corrected chi connectivity index (χ0v) is 13.8. The lowest BCUT2D eigenvalue weighted by Crippen LogP contribution is -2.26. The van der Waals surface area contributed by atoms with Crippen molar-refractivity contribution in [3.05, 3.63) is 56.4 Å². The lowest BCUT2D eigenvalue weighted by atomic mass is 10.2. The van der Waals surface area contributed by atoms with Gasteiger partial charge in [0.05, 0.1) is 5.56 Å². The van der Waals surface area contributed by atoms with Gasteiger partial charge in [0.1, 0.15) is 5.82 Å². The maximum Gasteiger partial charge on any atom is 0.252 e. The van der Waals surface area contributed by atoms with Crippen molar-refractivity contribution in [2.45, 2.75) is 5.75 Å². The number of carbonyl (C=O) groups excluding carboxylic acids is 1. The summed E-state index contributed by atoms with van der Waals surface area (Å²) in [6.45, 7) is 0.567. The monoisotopic (exact) mass is 373 g/mol. The van der Waals surface area contributed by atoms with E-state index in [0.717, 1.165) is 11.5 Å². The zero-order valence-electron chi connectivity index (χ0n) is 10.6. The minimum Gasteiger partial charge on any atom is -0.351 e. The summed E-state index contributed by atoms with van der Waals surface area (Å²) in [7, 11) is 0. The largest absolute Gasteiger partial charge is 0.351 e. The number of amides is 1. The number of hydrogen-bond acceptors (Lipinski definition) is 3. The normalized spacial score (nSPS) is 10.5. The standard InChI is InChI=1S/C14H13BrFNOS2/c15-13-4-3-10(16)8-12(13)14(18)17-5-7-19-9-11-2-1-6-20-11/h1-4,6,8H,5,7,9H2,(H,17,18). The van der Waals surface area contributed by atoms with Crippen molar-refractivity contribution < 1.29 is 9.18 Å². The smallest absolute Gasteiger partial charge is 0.252 e. The average molecular weight is 374 g/mol. The summed E-state index contributed by atoms with van der Waals surface area (Å²) in [6.07, 6.45) is 0. The highest BCUT2D eigenvalue weighted by Gasteiger charge is 2.10. The van der Waals surface area contributed by atoms with Crippen LogP contribution in [0.3, 0.4) is 0 Å². The van der Waals surface area contributed by atoms with Gasteiger partial charge in [-0.2, -0.15) is 11.8 Å². The van der Waals surface area contributed by atoms with Crippen LogP contribution >= 0.6 is 39.0 Å². The molecule has 2 nitrogen and oxygen atoms in total. The highest BCUT2D eigenvalue weighted by atomic mass is 79.9. The second-order valence-corrected chi connectivity index (χ2v) is 7.00. The second-order valence-electron chi connectivity index (χ2n) is 4.01. The van der Waals surface area contributed by atoms with Gasteiger partial charge in [-0.15, -0.1) is 11.3 Å². The lowest BCUT2D eigenvalue weighted by molar-refractivity contribution is 0.0955. The summed E-state index contributed by atoms with van der Waals surface area (Å²) in [6, 6.07) is 8.22. The highest BCUT2D eigenvalue weighted by molar-refractivity contribution is 9.10. The fourth-order valence-corrected chi connectivity index (χ4v) is 3.70. The van der Waals surface area contributed by atoms with E-state index in [2.05, 4.69) is 32.7 Å². The minimum atomic E-state index is -0.412. The molecule has 0 aliphatic carbocycles. The minimum absolute atomic E-state index is 0.256. The molecule has 0 aliphatic heterocycles. The van der Waals surface area contributed by atoms with Crippen molar-refractivity contribution >= 4 is 44.9 Å². The van der Waals surface area contributed by atoms with Crippen LogP contribution in [-0.2, 0) is 5.75 Å². The third kappa shape index (κ3) is 4.61. The van der Waals surface area contributed by atoms with Gasteiger partial charge in [0.15, 0.2) is 0 Å². The number of halogens is 2. The Morgan fingerprint density at radius 2 is 2.25 bits per heavy atom. The van der Waals surface area contributed by atoms with E-state index in [0.29, 0.717) is 16.6 Å². The van der Waals surface area contributed by atoms with Crippen LogP contribution in [0, 0.1) is 5.82 Å². The number of benzene rings is 1. The molecule has 0 saturated carbocycles. The molecule has 0 bridgehead atoms. The first kappa shape index (κ1) is 15.5. The van der Waals surface area contributed by atoms with E-state index >= 15 is 0 Å². The van der Waals surface area contributed by atoms with E-state index in [4.69, 9.17) is 0 Å². The molecule has 0 fully saturated rings. The predicted octanol–water partition coefficient (Wildman–Crippen LogP) is 4.31. The van der Waals surface area contributed by atoms with Gasteiger partial charge in [-0.05, 0) is 45.6 Å². The molecular formula is C14H13BrFNOS2. The molecule has 0 atom stereocenters. The van der Waals surface area contributed by atoms with Crippen molar-refractivity contribution in [2.75, 3.05) is 12.3 Å². The van der Waals surface area contributed by atoms with Gasteiger partial charge in [0.25, 0.3) is 5.91 Å². The Morgan fingerprint density at radius 1 is 1.40 bits per heavy atom. The molecule has 1 amide bonds. The van der Waals surface area contributed by atoms with E-state index in [1.54, 1.807) is 23.1 Å². The Balaban J connectivity index is 1.73. The summed E-state index contributed by atoms with van der Waals surface area (Å²) in [5.74, 6) is 1.12. The Hall–Kier alpha value is -0.850. The third-order valence-electron chi connectivity index (χ3n) is 2.53. The van der Waals surface area contributed by atoms with Crippen LogP contribution in [0.25, 0.3) is 0 Å². The van der Waals surface area contributed by atoms with Crippen LogP contribution in [0.1, 0.15) is 15.2 Å². The summed E-state index contributed by atoms with van der Waals surface area (Å²) in [5.41, 5.74) is 0.327. The number of thioether (sulfide) groups is 1. The van der Waals surface area contributed by atoms with Crippen LogP contribution in [0.15, 0.2) is 40.2 Å². The quantitative estimate of drug-likeness (QED) is 0.764. The topological polar surface area (TPSA) is 29.1 Å². The molecule has 20 heavy (non-hydrogen) atoms. The van der Waals surface area contributed by atoms with Crippen LogP contribution in [-0.4, -0.2) is 18.2 Å². The van der Waals surface area contributed by atoms with Crippen molar-refractivity contribution in [3.63, 3.8) is 0 Å². The predicted molar refractivity (Wildman–Crippen MR) is 86.9 cm³/mol. The second kappa shape index (κ2) is 7.81. The molecule has 2 rings (SSSR count). The SMILES string of the molecule is O=C(NCCSCc1cccs1)c1cc(F)ccc1Br. The third-order valence-corrected chi connectivity index (χ3v) is 5.29. The van der Waals surface area contributed by atoms with Gasteiger partial charge in [-0.1, -0.05) is 6.07 Å². The lowest BCUT2D eigenvalue weighted by Gasteiger charge is -2.06. The number of rotatable bonds is 6. The zero-order chi connectivity index (χ0) is 14.4. The van der Waals surface area contributed by atoms with Crippen molar-refractivity contribution in [1.29, 1.82) is 0 Å².